The smallest absolute Gasteiger partial charge is 0.323 e. The highest BCUT2D eigenvalue weighted by molar-refractivity contribution is 6.30. The van der Waals surface area contributed by atoms with Gasteiger partial charge in [0.25, 0.3) is 5.91 Å². The zero-order valence-electron chi connectivity index (χ0n) is 17.1. The van der Waals surface area contributed by atoms with Crippen LogP contribution in [0.25, 0.3) is 0 Å². The zero-order chi connectivity index (χ0) is 22.9. The number of nitrogens with zero attached hydrogens (tertiary/aromatic N) is 1. The molecule has 9 heteroatoms. The molecular weight excluding hydrogens is 432 g/mol. The molecule has 32 heavy (non-hydrogen) atoms. The van der Waals surface area contributed by atoms with E-state index in [9.17, 15) is 14.7 Å². The Morgan fingerprint density at radius 3 is 2.50 bits per heavy atom. The lowest BCUT2D eigenvalue weighted by molar-refractivity contribution is 0.0955. The molecule has 0 aliphatic rings. The Bertz CT molecular complexity index is 1130. The molecule has 3 aromatic rings. The van der Waals surface area contributed by atoms with Gasteiger partial charge in [-0.05, 0) is 73.2 Å². The average Bonchev–Trinajstić information content (AvgIpc) is 2.76. The van der Waals surface area contributed by atoms with Gasteiger partial charge >= 0.3 is 6.03 Å². The maximum absolute atomic E-state index is 12.3. The molecule has 0 aliphatic carbocycles. The van der Waals surface area contributed by atoms with Gasteiger partial charge in [0.05, 0.1) is 12.8 Å². The number of aromatic hydroxyl groups is 1. The van der Waals surface area contributed by atoms with E-state index < -0.39 is 11.9 Å². The molecule has 0 spiro atoms. The van der Waals surface area contributed by atoms with Crippen molar-refractivity contribution in [3.05, 3.63) is 82.9 Å². The van der Waals surface area contributed by atoms with Crippen LogP contribution >= 0.6 is 11.6 Å². The fourth-order valence-electron chi connectivity index (χ4n) is 2.68. The first kappa shape index (κ1) is 22.6. The largest absolute Gasteiger partial charge is 0.504 e. The van der Waals surface area contributed by atoms with Gasteiger partial charge in [-0.15, -0.1) is 0 Å². The van der Waals surface area contributed by atoms with Gasteiger partial charge in [0.1, 0.15) is 0 Å². The predicted octanol–water partition coefficient (Wildman–Crippen LogP) is 4.85. The van der Waals surface area contributed by atoms with E-state index in [-0.39, 0.29) is 5.75 Å². The molecule has 3 rings (SSSR count). The van der Waals surface area contributed by atoms with Gasteiger partial charge in [0.2, 0.25) is 0 Å². The Hall–Kier alpha value is -4.04. The summed E-state index contributed by atoms with van der Waals surface area (Å²) in [6, 6.07) is 17.4. The Kier molecular flexibility index (Phi) is 7.66. The van der Waals surface area contributed by atoms with Crippen molar-refractivity contribution in [1.29, 1.82) is 0 Å². The quantitative estimate of drug-likeness (QED) is 0.303. The number of benzene rings is 3. The Labute approximate surface area is 189 Å². The maximum atomic E-state index is 12.3. The van der Waals surface area contributed by atoms with E-state index in [0.29, 0.717) is 39.9 Å². The second-order valence-corrected chi connectivity index (χ2v) is 6.96. The monoisotopic (exact) mass is 452 g/mol. The van der Waals surface area contributed by atoms with Gasteiger partial charge in [-0.2, -0.15) is 5.10 Å². The van der Waals surface area contributed by atoms with Crippen LogP contribution in [0.15, 0.2) is 71.8 Å². The van der Waals surface area contributed by atoms with Crippen molar-refractivity contribution >= 4 is 41.1 Å². The molecule has 164 valence electrons. The number of phenols is 1. The summed E-state index contributed by atoms with van der Waals surface area (Å²) in [5, 5.41) is 19.5. The highest BCUT2D eigenvalue weighted by atomic mass is 35.5. The third-order valence-electron chi connectivity index (χ3n) is 4.15. The number of rotatable bonds is 7. The lowest BCUT2D eigenvalue weighted by Crippen LogP contribution is -2.20. The van der Waals surface area contributed by atoms with E-state index in [1.165, 1.54) is 12.3 Å². The van der Waals surface area contributed by atoms with E-state index in [1.807, 2.05) is 6.92 Å². The number of phenolic OH excluding ortho intramolecular Hbond substituents is 1. The van der Waals surface area contributed by atoms with Crippen LogP contribution in [-0.2, 0) is 0 Å². The first-order valence-corrected chi connectivity index (χ1v) is 10.0. The van der Waals surface area contributed by atoms with Gasteiger partial charge in [-0.25, -0.2) is 10.2 Å². The van der Waals surface area contributed by atoms with Crippen molar-refractivity contribution in [2.75, 3.05) is 17.2 Å². The molecule has 0 aliphatic heterocycles. The highest BCUT2D eigenvalue weighted by Crippen LogP contribution is 2.26. The molecule has 3 amide bonds. The van der Waals surface area contributed by atoms with Gasteiger partial charge in [-0.3, -0.25) is 4.79 Å². The molecule has 0 heterocycles. The van der Waals surface area contributed by atoms with E-state index in [4.69, 9.17) is 16.3 Å². The summed E-state index contributed by atoms with van der Waals surface area (Å²) >= 11 is 5.90. The molecule has 0 aromatic heterocycles. The number of anilines is 2. The summed E-state index contributed by atoms with van der Waals surface area (Å²) in [5.74, 6) is -0.0479. The fraction of sp³-hybridized carbons (Fsp3) is 0.0870. The van der Waals surface area contributed by atoms with E-state index in [2.05, 4.69) is 21.2 Å². The van der Waals surface area contributed by atoms with E-state index >= 15 is 0 Å². The lowest BCUT2D eigenvalue weighted by Gasteiger charge is -2.08. The van der Waals surface area contributed by atoms with Crippen LogP contribution in [0, 0.1) is 0 Å². The summed E-state index contributed by atoms with van der Waals surface area (Å²) in [6.07, 6.45) is 1.44. The number of hydrogen-bond acceptors (Lipinski definition) is 5. The number of halogens is 1. The highest BCUT2D eigenvalue weighted by Gasteiger charge is 2.07. The standard InChI is InChI=1S/C23H21ClN4O4/c1-2-32-21-12-15(6-11-20(21)29)14-25-28-22(30)16-7-9-18(10-8-16)26-23(31)27-19-5-3-4-17(24)13-19/h3-14,29H,2H2,1H3,(H,28,30)(H2,26,27,31)/b25-14-. The molecule has 8 nitrogen and oxygen atoms in total. The van der Waals surface area contributed by atoms with Crippen molar-refractivity contribution < 1.29 is 19.4 Å². The van der Waals surface area contributed by atoms with Gasteiger partial charge in [0, 0.05) is 22.0 Å². The number of amides is 3. The van der Waals surface area contributed by atoms with Crippen molar-refractivity contribution in [3.8, 4) is 11.5 Å². The van der Waals surface area contributed by atoms with Crippen molar-refractivity contribution in [1.82, 2.24) is 5.43 Å². The van der Waals surface area contributed by atoms with Crippen LogP contribution in [0.5, 0.6) is 11.5 Å². The van der Waals surface area contributed by atoms with Crippen LogP contribution in [-0.4, -0.2) is 29.9 Å². The molecule has 0 radical (unpaired) electrons. The zero-order valence-corrected chi connectivity index (χ0v) is 17.9. The van der Waals surface area contributed by atoms with E-state index in [1.54, 1.807) is 60.7 Å². The third-order valence-corrected chi connectivity index (χ3v) is 4.39. The van der Waals surface area contributed by atoms with Crippen LogP contribution in [0.1, 0.15) is 22.8 Å². The number of carbonyl (C=O) groups excluding carboxylic acids is 2. The van der Waals surface area contributed by atoms with Crippen LogP contribution in [0.4, 0.5) is 16.2 Å². The normalized spacial score (nSPS) is 10.6. The Balaban J connectivity index is 1.54. The number of hydrazone groups is 1. The van der Waals surface area contributed by atoms with E-state index in [0.717, 1.165) is 0 Å². The van der Waals surface area contributed by atoms with Crippen LogP contribution in [0.2, 0.25) is 5.02 Å². The predicted molar refractivity (Wildman–Crippen MR) is 125 cm³/mol. The number of nitrogens with one attached hydrogen (secondary N) is 3. The van der Waals surface area contributed by atoms with Crippen molar-refractivity contribution in [2.24, 2.45) is 5.10 Å². The molecule has 0 unspecified atom stereocenters. The molecule has 3 aromatic carbocycles. The fourth-order valence-corrected chi connectivity index (χ4v) is 2.87. The topological polar surface area (TPSA) is 112 Å². The molecule has 0 atom stereocenters. The molecule has 0 bridgehead atoms. The number of ether oxygens (including phenoxy) is 1. The molecule has 0 fully saturated rings. The van der Waals surface area contributed by atoms with Gasteiger partial charge in [-0.1, -0.05) is 17.7 Å². The molecule has 0 saturated heterocycles. The van der Waals surface area contributed by atoms with Gasteiger partial charge in [0.15, 0.2) is 11.5 Å². The van der Waals surface area contributed by atoms with Crippen molar-refractivity contribution in [3.63, 3.8) is 0 Å². The Morgan fingerprint density at radius 2 is 1.78 bits per heavy atom. The average molecular weight is 453 g/mol. The van der Waals surface area contributed by atoms with Crippen molar-refractivity contribution in [2.45, 2.75) is 6.92 Å². The summed E-state index contributed by atoms with van der Waals surface area (Å²) < 4.78 is 5.31. The molecule has 0 saturated carbocycles. The number of carbonyl (C=O) groups is 2. The number of hydrogen-bond donors (Lipinski definition) is 4. The first-order chi connectivity index (χ1) is 15.4. The third kappa shape index (κ3) is 6.48. The summed E-state index contributed by atoms with van der Waals surface area (Å²) in [5.41, 5.74) is 4.51. The first-order valence-electron chi connectivity index (χ1n) is 9.67. The lowest BCUT2D eigenvalue weighted by atomic mass is 10.2. The minimum atomic E-state index is -0.436. The Morgan fingerprint density at radius 1 is 1.03 bits per heavy atom. The SMILES string of the molecule is CCOc1cc(/C=N\NC(=O)c2ccc(NC(=O)Nc3cccc(Cl)c3)cc2)ccc1O. The minimum Gasteiger partial charge on any atom is -0.504 e. The second kappa shape index (κ2) is 10.8. The summed E-state index contributed by atoms with van der Waals surface area (Å²) in [7, 11) is 0. The van der Waals surface area contributed by atoms with Crippen LogP contribution in [0.3, 0.4) is 0 Å². The van der Waals surface area contributed by atoms with Crippen LogP contribution < -0.4 is 20.8 Å². The molecular formula is C23H21ClN4O4. The summed E-state index contributed by atoms with van der Waals surface area (Å²) in [6.45, 7) is 2.23. The molecule has 4 N–H and O–H groups in total. The van der Waals surface area contributed by atoms with Gasteiger partial charge < -0.3 is 20.5 Å². The maximum Gasteiger partial charge on any atom is 0.323 e. The minimum absolute atomic E-state index is 0.0305. The number of urea groups is 1. The second-order valence-electron chi connectivity index (χ2n) is 6.53. The summed E-state index contributed by atoms with van der Waals surface area (Å²) in [4.78, 5) is 24.3.